The topological polar surface area (TPSA) is 15.6 Å². The van der Waals surface area contributed by atoms with Gasteiger partial charge < -0.3 is 0 Å². The van der Waals surface area contributed by atoms with Gasteiger partial charge in [-0.2, -0.15) is 5.10 Å². The van der Waals surface area contributed by atoms with Crippen LogP contribution in [0.25, 0.3) is 0 Å². The molecule has 9 heavy (non-hydrogen) atoms. The Bertz CT molecular complexity index is 93.5. The molecular formula is C7H14N2. The van der Waals surface area contributed by atoms with E-state index in [9.17, 15) is 0 Å². The second kappa shape index (κ2) is 5.35. The highest BCUT2D eigenvalue weighted by Crippen LogP contribution is 1.87. The van der Waals surface area contributed by atoms with Crippen molar-refractivity contribution in [3.05, 3.63) is 12.3 Å². The second-order valence-electron chi connectivity index (χ2n) is 1.61. The van der Waals surface area contributed by atoms with Crippen molar-refractivity contribution in [2.24, 2.45) is 5.10 Å². The summed E-state index contributed by atoms with van der Waals surface area (Å²) < 4.78 is 0. The smallest absolute Gasteiger partial charge is 0.0380 e. The SMILES string of the molecule is C/C=C\N(CC)/N=C\C. The lowest BCUT2D eigenvalue weighted by molar-refractivity contribution is 0.423. The third kappa shape index (κ3) is 3.76. The molecule has 0 aromatic heterocycles. The molecule has 0 bridgehead atoms. The maximum Gasteiger partial charge on any atom is 0.0380 e. The summed E-state index contributed by atoms with van der Waals surface area (Å²) in [6.45, 7) is 6.88. The Labute approximate surface area is 56.9 Å². The summed E-state index contributed by atoms with van der Waals surface area (Å²) in [5.74, 6) is 0. The van der Waals surface area contributed by atoms with Crippen molar-refractivity contribution in [3.8, 4) is 0 Å². The van der Waals surface area contributed by atoms with E-state index in [4.69, 9.17) is 0 Å². The summed E-state index contributed by atoms with van der Waals surface area (Å²) in [7, 11) is 0. The van der Waals surface area contributed by atoms with Gasteiger partial charge in [0.2, 0.25) is 0 Å². The van der Waals surface area contributed by atoms with E-state index >= 15 is 0 Å². The lowest BCUT2D eigenvalue weighted by Gasteiger charge is -2.08. The summed E-state index contributed by atoms with van der Waals surface area (Å²) >= 11 is 0. The van der Waals surface area contributed by atoms with E-state index in [-0.39, 0.29) is 0 Å². The molecule has 0 N–H and O–H groups in total. The number of hydrazone groups is 1. The number of nitrogens with zero attached hydrogens (tertiary/aromatic N) is 2. The predicted octanol–water partition coefficient (Wildman–Crippen LogP) is 1.85. The van der Waals surface area contributed by atoms with Crippen LogP contribution < -0.4 is 0 Å². The molecule has 2 nitrogen and oxygen atoms in total. The molecule has 0 aliphatic rings. The summed E-state index contributed by atoms with van der Waals surface area (Å²) in [6, 6.07) is 0. The van der Waals surface area contributed by atoms with E-state index in [1.807, 2.05) is 31.1 Å². The van der Waals surface area contributed by atoms with E-state index in [0.29, 0.717) is 0 Å². The van der Waals surface area contributed by atoms with E-state index in [1.165, 1.54) is 0 Å². The average Bonchev–Trinajstić information content (AvgIpc) is 1.88. The van der Waals surface area contributed by atoms with Crippen LogP contribution in [0.4, 0.5) is 0 Å². The van der Waals surface area contributed by atoms with Crippen molar-refractivity contribution in [1.29, 1.82) is 0 Å². The highest BCUT2D eigenvalue weighted by Gasteiger charge is 1.83. The van der Waals surface area contributed by atoms with Crippen molar-refractivity contribution >= 4 is 6.21 Å². The Balaban J connectivity index is 3.68. The van der Waals surface area contributed by atoms with Crippen LogP contribution in [-0.4, -0.2) is 17.8 Å². The molecule has 0 rings (SSSR count). The Morgan fingerprint density at radius 1 is 1.44 bits per heavy atom. The molecule has 0 radical (unpaired) electrons. The number of allylic oxidation sites excluding steroid dienone is 1. The first kappa shape index (κ1) is 8.21. The summed E-state index contributed by atoms with van der Waals surface area (Å²) in [6.07, 6.45) is 5.69. The first-order valence-electron chi connectivity index (χ1n) is 3.23. The first-order valence-corrected chi connectivity index (χ1v) is 3.23. The number of hydrogen-bond acceptors (Lipinski definition) is 2. The fourth-order valence-corrected chi connectivity index (χ4v) is 0.546. The van der Waals surface area contributed by atoms with Crippen LogP contribution in [0.1, 0.15) is 20.8 Å². The number of rotatable bonds is 3. The monoisotopic (exact) mass is 126 g/mol. The molecule has 52 valence electrons. The Hall–Kier alpha value is -0.790. The fourth-order valence-electron chi connectivity index (χ4n) is 0.546. The fraction of sp³-hybridized carbons (Fsp3) is 0.571. The Kier molecular flexibility index (Phi) is 4.88. The minimum absolute atomic E-state index is 0.925. The average molecular weight is 126 g/mol. The van der Waals surface area contributed by atoms with Crippen molar-refractivity contribution in [1.82, 2.24) is 5.01 Å². The minimum atomic E-state index is 0.925. The van der Waals surface area contributed by atoms with Crippen molar-refractivity contribution in [2.75, 3.05) is 6.54 Å². The molecule has 2 heteroatoms. The van der Waals surface area contributed by atoms with E-state index < -0.39 is 0 Å². The zero-order valence-electron chi connectivity index (χ0n) is 6.33. The van der Waals surface area contributed by atoms with Gasteiger partial charge in [-0.1, -0.05) is 6.08 Å². The maximum atomic E-state index is 4.05. The molecular weight excluding hydrogens is 112 g/mol. The molecule has 0 aliphatic carbocycles. The maximum absolute atomic E-state index is 4.05. The van der Waals surface area contributed by atoms with Crippen LogP contribution >= 0.6 is 0 Å². The van der Waals surface area contributed by atoms with Gasteiger partial charge in [0.25, 0.3) is 0 Å². The van der Waals surface area contributed by atoms with Crippen LogP contribution in [-0.2, 0) is 0 Å². The summed E-state index contributed by atoms with van der Waals surface area (Å²) in [5.41, 5.74) is 0. The van der Waals surface area contributed by atoms with Gasteiger partial charge in [-0.15, -0.1) is 0 Å². The molecule has 0 atom stereocenters. The van der Waals surface area contributed by atoms with Gasteiger partial charge in [0.1, 0.15) is 0 Å². The molecule has 0 aromatic carbocycles. The van der Waals surface area contributed by atoms with Crippen LogP contribution in [0.2, 0.25) is 0 Å². The van der Waals surface area contributed by atoms with E-state index in [2.05, 4.69) is 12.0 Å². The Morgan fingerprint density at radius 3 is 2.44 bits per heavy atom. The molecule has 0 aromatic rings. The van der Waals surface area contributed by atoms with Gasteiger partial charge in [-0.05, 0) is 20.8 Å². The molecule has 0 unspecified atom stereocenters. The number of hydrogen-bond donors (Lipinski definition) is 0. The van der Waals surface area contributed by atoms with Crippen molar-refractivity contribution in [2.45, 2.75) is 20.8 Å². The van der Waals surface area contributed by atoms with Gasteiger partial charge in [-0.25, -0.2) is 0 Å². The van der Waals surface area contributed by atoms with Crippen LogP contribution in [0.15, 0.2) is 17.4 Å². The highest BCUT2D eigenvalue weighted by molar-refractivity contribution is 5.52. The molecule has 0 fully saturated rings. The molecule has 0 amide bonds. The minimum Gasteiger partial charge on any atom is -0.274 e. The lowest BCUT2D eigenvalue weighted by Crippen LogP contribution is -2.07. The standard InChI is InChI=1S/C7H14N2/c1-4-7-9(6-3)8-5-2/h4-5,7H,6H2,1-3H3/b7-4-,8-5-. The summed E-state index contributed by atoms with van der Waals surface area (Å²) in [4.78, 5) is 0. The zero-order valence-corrected chi connectivity index (χ0v) is 6.33. The molecule has 0 spiro atoms. The van der Waals surface area contributed by atoms with Crippen LogP contribution in [0, 0.1) is 0 Å². The molecule has 0 saturated heterocycles. The second-order valence-corrected chi connectivity index (χ2v) is 1.61. The van der Waals surface area contributed by atoms with Gasteiger partial charge in [0.05, 0.1) is 0 Å². The lowest BCUT2D eigenvalue weighted by atomic mass is 10.6. The van der Waals surface area contributed by atoms with Gasteiger partial charge >= 0.3 is 0 Å². The first-order chi connectivity index (χ1) is 4.35. The van der Waals surface area contributed by atoms with Crippen molar-refractivity contribution < 1.29 is 0 Å². The third-order valence-electron chi connectivity index (χ3n) is 0.909. The van der Waals surface area contributed by atoms with Gasteiger partial charge in [0, 0.05) is 19.0 Å². The van der Waals surface area contributed by atoms with Gasteiger partial charge in [-0.3, -0.25) is 5.01 Å². The van der Waals surface area contributed by atoms with E-state index in [1.54, 1.807) is 6.21 Å². The van der Waals surface area contributed by atoms with Crippen molar-refractivity contribution in [3.63, 3.8) is 0 Å². The normalized spacial score (nSPS) is 11.4. The molecule has 0 aliphatic heterocycles. The molecule has 0 heterocycles. The highest BCUT2D eigenvalue weighted by atomic mass is 15.4. The third-order valence-corrected chi connectivity index (χ3v) is 0.909. The quantitative estimate of drug-likeness (QED) is 0.416. The van der Waals surface area contributed by atoms with Gasteiger partial charge in [0.15, 0.2) is 0 Å². The zero-order chi connectivity index (χ0) is 7.11. The summed E-state index contributed by atoms with van der Waals surface area (Å²) in [5, 5.41) is 5.93. The van der Waals surface area contributed by atoms with Crippen LogP contribution in [0.3, 0.4) is 0 Å². The van der Waals surface area contributed by atoms with Crippen LogP contribution in [0.5, 0.6) is 0 Å². The predicted molar refractivity (Wildman–Crippen MR) is 41.4 cm³/mol. The van der Waals surface area contributed by atoms with E-state index in [0.717, 1.165) is 6.54 Å². The Morgan fingerprint density at radius 2 is 2.11 bits per heavy atom. The largest absolute Gasteiger partial charge is 0.274 e. The molecule has 0 saturated carbocycles.